The van der Waals surface area contributed by atoms with E-state index in [9.17, 15) is 5.11 Å². The van der Waals surface area contributed by atoms with Crippen LogP contribution in [0.25, 0.3) is 11.4 Å². The number of phenolic OH excluding ortho intramolecular Hbond substituents is 1. The van der Waals surface area contributed by atoms with Gasteiger partial charge in [0.05, 0.1) is 25.7 Å². The molecule has 0 unspecified atom stereocenters. The molecule has 0 radical (unpaired) electrons. The molecular weight excluding hydrogens is 280 g/mol. The molecule has 1 N–H and O–H groups in total. The van der Waals surface area contributed by atoms with Crippen LogP contribution in [-0.2, 0) is 13.1 Å². The molecule has 0 saturated carbocycles. The average Bonchev–Trinajstić information content (AvgIpc) is 3.17. The zero-order valence-corrected chi connectivity index (χ0v) is 12.6. The Balaban J connectivity index is 1.95. The molecule has 3 aromatic rings. The van der Waals surface area contributed by atoms with Gasteiger partial charge in [-0.05, 0) is 25.1 Å². The number of rotatable bonds is 5. The van der Waals surface area contributed by atoms with Gasteiger partial charge in [0.2, 0.25) is 0 Å². The predicted molar refractivity (Wildman–Crippen MR) is 82.9 cm³/mol. The monoisotopic (exact) mass is 298 g/mol. The third-order valence-electron chi connectivity index (χ3n) is 3.62. The molecule has 6 nitrogen and oxygen atoms in total. The molecule has 2 aromatic heterocycles. The Hall–Kier alpha value is -2.76. The second-order valence-corrected chi connectivity index (χ2v) is 4.94. The first kappa shape index (κ1) is 14.2. The van der Waals surface area contributed by atoms with Crippen LogP contribution in [0.15, 0.2) is 43.1 Å². The van der Waals surface area contributed by atoms with E-state index in [1.807, 2.05) is 24.8 Å². The second-order valence-electron chi connectivity index (χ2n) is 4.94. The van der Waals surface area contributed by atoms with Crippen molar-refractivity contribution in [1.82, 2.24) is 19.1 Å². The third kappa shape index (κ3) is 2.55. The first-order valence-electron chi connectivity index (χ1n) is 7.10. The summed E-state index contributed by atoms with van der Waals surface area (Å²) in [7, 11) is 1.53. The minimum absolute atomic E-state index is 0.119. The number of hydrogen-bond acceptors (Lipinski definition) is 4. The van der Waals surface area contributed by atoms with Crippen molar-refractivity contribution >= 4 is 0 Å². The number of imidazole rings is 2. The number of hydrogen-bond donors (Lipinski definition) is 1. The number of phenols is 1. The molecule has 2 heterocycles. The van der Waals surface area contributed by atoms with E-state index in [4.69, 9.17) is 4.74 Å². The van der Waals surface area contributed by atoms with Gasteiger partial charge in [-0.15, -0.1) is 0 Å². The molecule has 0 fully saturated rings. The summed E-state index contributed by atoms with van der Waals surface area (Å²) in [5.74, 6) is 1.38. The van der Waals surface area contributed by atoms with E-state index in [2.05, 4.69) is 26.0 Å². The first-order valence-corrected chi connectivity index (χ1v) is 7.10. The fourth-order valence-corrected chi connectivity index (χ4v) is 2.45. The molecule has 0 bridgehead atoms. The van der Waals surface area contributed by atoms with Crippen LogP contribution >= 0.6 is 0 Å². The van der Waals surface area contributed by atoms with Crippen LogP contribution in [0.4, 0.5) is 0 Å². The third-order valence-corrected chi connectivity index (χ3v) is 3.62. The molecule has 22 heavy (non-hydrogen) atoms. The molecular formula is C16H18N4O2. The predicted octanol–water partition coefficient (Wildman–Crippen LogP) is 2.53. The molecule has 114 valence electrons. The lowest BCUT2D eigenvalue weighted by Gasteiger charge is -2.11. The summed E-state index contributed by atoms with van der Waals surface area (Å²) in [6.45, 7) is 3.66. The van der Waals surface area contributed by atoms with Crippen LogP contribution in [0, 0.1) is 0 Å². The van der Waals surface area contributed by atoms with Gasteiger partial charge in [0, 0.05) is 30.7 Å². The normalized spacial score (nSPS) is 10.8. The minimum Gasteiger partial charge on any atom is -0.504 e. The average molecular weight is 298 g/mol. The fraction of sp³-hybridized carbons (Fsp3) is 0.250. The number of ether oxygens (including phenoxy) is 1. The maximum Gasteiger partial charge on any atom is 0.161 e. The van der Waals surface area contributed by atoms with Crippen molar-refractivity contribution in [2.24, 2.45) is 0 Å². The van der Waals surface area contributed by atoms with Gasteiger partial charge in [-0.25, -0.2) is 9.97 Å². The van der Waals surface area contributed by atoms with Gasteiger partial charge in [-0.3, -0.25) is 0 Å². The van der Waals surface area contributed by atoms with E-state index in [1.54, 1.807) is 18.3 Å². The van der Waals surface area contributed by atoms with E-state index < -0.39 is 0 Å². The number of aromatic nitrogens is 4. The van der Waals surface area contributed by atoms with Crippen LogP contribution < -0.4 is 4.74 Å². The SMILES string of the molecule is CCn1cncc1Cn1ccnc1-c1ccc(O)c(OC)c1. The van der Waals surface area contributed by atoms with Crippen molar-refractivity contribution in [3.8, 4) is 22.9 Å². The van der Waals surface area contributed by atoms with Crippen molar-refractivity contribution in [2.75, 3.05) is 7.11 Å². The molecule has 0 spiro atoms. The number of aryl methyl sites for hydroxylation is 1. The van der Waals surface area contributed by atoms with Crippen molar-refractivity contribution in [2.45, 2.75) is 20.0 Å². The lowest BCUT2D eigenvalue weighted by molar-refractivity contribution is 0.373. The zero-order chi connectivity index (χ0) is 15.5. The molecule has 0 saturated heterocycles. The smallest absolute Gasteiger partial charge is 0.161 e. The zero-order valence-electron chi connectivity index (χ0n) is 12.6. The molecule has 0 amide bonds. The maximum atomic E-state index is 9.71. The van der Waals surface area contributed by atoms with Crippen LogP contribution in [0.3, 0.4) is 0 Å². The van der Waals surface area contributed by atoms with Gasteiger partial charge in [0.25, 0.3) is 0 Å². The Kier molecular flexibility index (Phi) is 3.82. The summed E-state index contributed by atoms with van der Waals surface area (Å²) < 4.78 is 9.31. The molecule has 0 atom stereocenters. The molecule has 0 aliphatic rings. The lowest BCUT2D eigenvalue weighted by atomic mass is 10.2. The number of nitrogens with zero attached hydrogens (tertiary/aromatic N) is 4. The Morgan fingerprint density at radius 3 is 2.91 bits per heavy atom. The lowest BCUT2D eigenvalue weighted by Crippen LogP contribution is -2.06. The highest BCUT2D eigenvalue weighted by Crippen LogP contribution is 2.30. The Bertz CT molecular complexity index is 776. The summed E-state index contributed by atoms with van der Waals surface area (Å²) in [5.41, 5.74) is 2.01. The highest BCUT2D eigenvalue weighted by molar-refractivity contribution is 5.61. The van der Waals surface area contributed by atoms with E-state index in [-0.39, 0.29) is 5.75 Å². The second kappa shape index (κ2) is 5.93. The molecule has 3 rings (SSSR count). The van der Waals surface area contributed by atoms with Crippen molar-refractivity contribution < 1.29 is 9.84 Å². The molecule has 6 heteroatoms. The van der Waals surface area contributed by atoms with Crippen molar-refractivity contribution in [3.05, 3.63) is 48.8 Å². The van der Waals surface area contributed by atoms with Gasteiger partial charge in [-0.2, -0.15) is 0 Å². The molecule has 0 aliphatic carbocycles. The van der Waals surface area contributed by atoms with Crippen LogP contribution in [0.2, 0.25) is 0 Å². The van der Waals surface area contributed by atoms with Crippen LogP contribution in [-0.4, -0.2) is 31.3 Å². The first-order chi connectivity index (χ1) is 10.7. The maximum absolute atomic E-state index is 9.71. The highest BCUT2D eigenvalue weighted by Gasteiger charge is 2.11. The summed E-state index contributed by atoms with van der Waals surface area (Å²) in [4.78, 5) is 8.61. The number of benzene rings is 1. The molecule has 1 aromatic carbocycles. The van der Waals surface area contributed by atoms with E-state index in [0.29, 0.717) is 12.3 Å². The topological polar surface area (TPSA) is 65.1 Å². The Morgan fingerprint density at radius 2 is 2.14 bits per heavy atom. The summed E-state index contributed by atoms with van der Waals surface area (Å²) in [6, 6.07) is 5.22. The van der Waals surface area contributed by atoms with Gasteiger partial charge in [-0.1, -0.05) is 0 Å². The van der Waals surface area contributed by atoms with Gasteiger partial charge in [0.15, 0.2) is 11.5 Å². The minimum atomic E-state index is 0.119. The van der Waals surface area contributed by atoms with Crippen LogP contribution in [0.5, 0.6) is 11.5 Å². The largest absolute Gasteiger partial charge is 0.504 e. The fourth-order valence-electron chi connectivity index (χ4n) is 2.45. The Morgan fingerprint density at radius 1 is 1.27 bits per heavy atom. The molecule has 0 aliphatic heterocycles. The van der Waals surface area contributed by atoms with Gasteiger partial charge < -0.3 is 19.0 Å². The van der Waals surface area contributed by atoms with E-state index in [0.717, 1.165) is 23.6 Å². The summed E-state index contributed by atoms with van der Waals surface area (Å²) in [5, 5.41) is 9.71. The van der Waals surface area contributed by atoms with Crippen molar-refractivity contribution in [1.29, 1.82) is 0 Å². The van der Waals surface area contributed by atoms with Crippen LogP contribution in [0.1, 0.15) is 12.6 Å². The number of methoxy groups -OCH3 is 1. The summed E-state index contributed by atoms with van der Waals surface area (Å²) >= 11 is 0. The van der Waals surface area contributed by atoms with E-state index >= 15 is 0 Å². The standard InChI is InChI=1S/C16H18N4O2/c1-3-19-11-17-9-13(19)10-20-7-6-18-16(20)12-4-5-14(21)15(8-12)22-2/h4-9,11,21H,3,10H2,1-2H3. The summed E-state index contributed by atoms with van der Waals surface area (Å²) in [6.07, 6.45) is 7.39. The quantitative estimate of drug-likeness (QED) is 0.786. The van der Waals surface area contributed by atoms with Crippen molar-refractivity contribution in [3.63, 3.8) is 0 Å². The highest BCUT2D eigenvalue weighted by atomic mass is 16.5. The number of aromatic hydroxyl groups is 1. The Labute approximate surface area is 128 Å². The van der Waals surface area contributed by atoms with E-state index in [1.165, 1.54) is 7.11 Å². The van der Waals surface area contributed by atoms with Gasteiger partial charge in [0.1, 0.15) is 5.82 Å². The van der Waals surface area contributed by atoms with Gasteiger partial charge >= 0.3 is 0 Å².